The van der Waals surface area contributed by atoms with E-state index in [-0.39, 0.29) is 32.3 Å². The number of hydrogen-bond donors (Lipinski definition) is 1. The number of ether oxygens (including phenoxy) is 2. The van der Waals surface area contributed by atoms with Crippen molar-refractivity contribution >= 4 is 29.2 Å². The summed E-state index contributed by atoms with van der Waals surface area (Å²) < 4.78 is 48.9. The number of morpholine rings is 1. The maximum absolute atomic E-state index is 12.7. The number of nitrogens with zero attached hydrogens (tertiary/aromatic N) is 3. The molecule has 1 atom stereocenters. The fourth-order valence-corrected chi connectivity index (χ4v) is 3.00. The number of nitrogens with one attached hydrogen (secondary N) is 1. The highest BCUT2D eigenvalue weighted by Gasteiger charge is 2.33. The van der Waals surface area contributed by atoms with Crippen molar-refractivity contribution in [3.8, 4) is 6.01 Å². The zero-order chi connectivity index (χ0) is 21.7. The molecule has 30 heavy (non-hydrogen) atoms. The second-order valence-electron chi connectivity index (χ2n) is 6.38. The molecule has 0 aliphatic carbocycles. The molecule has 0 saturated carbocycles. The van der Waals surface area contributed by atoms with Gasteiger partial charge in [0.2, 0.25) is 0 Å². The Morgan fingerprint density at radius 1 is 1.30 bits per heavy atom. The van der Waals surface area contributed by atoms with E-state index in [4.69, 9.17) is 32.7 Å². The van der Waals surface area contributed by atoms with Gasteiger partial charge in [-0.3, -0.25) is 0 Å². The molecule has 12 heteroatoms. The van der Waals surface area contributed by atoms with E-state index in [1.54, 1.807) is 18.2 Å². The minimum absolute atomic E-state index is 0.0993. The quantitative estimate of drug-likeness (QED) is 0.728. The summed E-state index contributed by atoms with van der Waals surface area (Å²) in [7, 11) is 0. The largest absolute Gasteiger partial charge is 0.461 e. The minimum atomic E-state index is -4.59. The van der Waals surface area contributed by atoms with Crippen molar-refractivity contribution in [2.75, 3.05) is 26.3 Å². The van der Waals surface area contributed by atoms with Crippen LogP contribution in [0.3, 0.4) is 0 Å². The van der Waals surface area contributed by atoms with E-state index >= 15 is 0 Å². The number of aromatic nitrogens is 2. The van der Waals surface area contributed by atoms with Crippen LogP contribution in [-0.4, -0.2) is 53.3 Å². The predicted molar refractivity (Wildman–Crippen MR) is 103 cm³/mol. The van der Waals surface area contributed by atoms with Gasteiger partial charge >= 0.3 is 18.2 Å². The van der Waals surface area contributed by atoms with Crippen molar-refractivity contribution in [2.24, 2.45) is 0 Å². The van der Waals surface area contributed by atoms with E-state index < -0.39 is 24.0 Å². The van der Waals surface area contributed by atoms with E-state index in [1.807, 2.05) is 0 Å². The average molecular weight is 465 g/mol. The van der Waals surface area contributed by atoms with Crippen LogP contribution in [0, 0.1) is 0 Å². The summed E-state index contributed by atoms with van der Waals surface area (Å²) in [6.07, 6.45) is -4.16. The minimum Gasteiger partial charge on any atom is -0.461 e. The Balaban J connectivity index is 1.50. The number of carbonyl (C=O) groups excluding carboxylic acids is 1. The third kappa shape index (κ3) is 6.10. The highest BCUT2D eigenvalue weighted by Crippen LogP contribution is 2.28. The van der Waals surface area contributed by atoms with Crippen LogP contribution in [0.15, 0.2) is 30.5 Å². The molecular weight excluding hydrogens is 448 g/mol. The average Bonchev–Trinajstić information content (AvgIpc) is 2.72. The van der Waals surface area contributed by atoms with Gasteiger partial charge in [0.15, 0.2) is 5.69 Å². The summed E-state index contributed by atoms with van der Waals surface area (Å²) in [5, 5.41) is 3.59. The van der Waals surface area contributed by atoms with E-state index in [1.165, 1.54) is 4.90 Å². The van der Waals surface area contributed by atoms with Gasteiger partial charge in [0, 0.05) is 19.3 Å². The number of alkyl halides is 3. The first-order valence-electron chi connectivity index (χ1n) is 8.83. The van der Waals surface area contributed by atoms with E-state index in [0.29, 0.717) is 16.6 Å². The molecule has 1 saturated heterocycles. The second kappa shape index (κ2) is 9.67. The van der Waals surface area contributed by atoms with Crippen LogP contribution in [-0.2, 0) is 17.5 Å². The molecule has 1 aromatic heterocycles. The Morgan fingerprint density at radius 2 is 2.10 bits per heavy atom. The van der Waals surface area contributed by atoms with Gasteiger partial charge in [0.1, 0.15) is 12.7 Å². The van der Waals surface area contributed by atoms with Crippen molar-refractivity contribution < 1.29 is 27.4 Å². The Hall–Kier alpha value is -2.30. The molecule has 1 aliphatic rings. The first-order chi connectivity index (χ1) is 14.2. The standard InChI is InChI=1S/C18H17Cl2F3N4O3/c19-13-2-1-11(7-14(13)20)8-25-17(28)27-5-6-29-12(9-27)10-30-16-24-4-3-15(26-16)18(21,22)23/h1-4,7,12H,5-6,8-10H2,(H,25,28). The molecule has 2 heterocycles. The summed E-state index contributed by atoms with van der Waals surface area (Å²) in [5.41, 5.74) is -0.312. The van der Waals surface area contributed by atoms with Gasteiger partial charge in [-0.25, -0.2) is 9.78 Å². The van der Waals surface area contributed by atoms with E-state index in [2.05, 4.69) is 15.3 Å². The lowest BCUT2D eigenvalue weighted by atomic mass is 10.2. The third-order valence-corrected chi connectivity index (χ3v) is 4.92. The molecule has 1 unspecified atom stereocenters. The smallest absolute Gasteiger partial charge is 0.433 e. The number of amides is 2. The SMILES string of the molecule is O=C(NCc1ccc(Cl)c(Cl)c1)N1CCOC(COc2nccc(C(F)(F)F)n2)C1. The highest BCUT2D eigenvalue weighted by atomic mass is 35.5. The Bertz CT molecular complexity index is 901. The molecule has 0 spiro atoms. The van der Waals surface area contributed by atoms with Crippen LogP contribution in [0.4, 0.5) is 18.0 Å². The van der Waals surface area contributed by atoms with Gasteiger partial charge in [-0.15, -0.1) is 0 Å². The zero-order valence-electron chi connectivity index (χ0n) is 15.5. The van der Waals surface area contributed by atoms with Gasteiger partial charge < -0.3 is 19.7 Å². The van der Waals surface area contributed by atoms with Gasteiger partial charge in [-0.2, -0.15) is 18.2 Å². The summed E-state index contributed by atoms with van der Waals surface area (Å²) in [6, 6.07) is 5.08. The molecule has 2 amide bonds. The van der Waals surface area contributed by atoms with Crippen LogP contribution in [0.5, 0.6) is 6.01 Å². The summed E-state index contributed by atoms with van der Waals surface area (Å²) in [5.74, 6) is 0. The first kappa shape index (κ1) is 22.4. The van der Waals surface area contributed by atoms with Crippen molar-refractivity contribution in [1.82, 2.24) is 20.2 Å². The molecule has 7 nitrogen and oxygen atoms in total. The molecule has 1 aliphatic heterocycles. The van der Waals surface area contributed by atoms with Crippen LogP contribution >= 0.6 is 23.2 Å². The lowest BCUT2D eigenvalue weighted by Gasteiger charge is -2.32. The van der Waals surface area contributed by atoms with Crippen LogP contribution in [0.1, 0.15) is 11.3 Å². The first-order valence-corrected chi connectivity index (χ1v) is 9.59. The predicted octanol–water partition coefficient (Wildman–Crippen LogP) is 3.79. The Morgan fingerprint density at radius 3 is 2.83 bits per heavy atom. The fourth-order valence-electron chi connectivity index (χ4n) is 2.68. The molecule has 1 N–H and O–H groups in total. The third-order valence-electron chi connectivity index (χ3n) is 4.18. The van der Waals surface area contributed by atoms with Crippen molar-refractivity contribution in [3.05, 3.63) is 51.8 Å². The molecule has 3 rings (SSSR count). The van der Waals surface area contributed by atoms with E-state index in [9.17, 15) is 18.0 Å². The monoisotopic (exact) mass is 464 g/mol. The molecule has 0 bridgehead atoms. The lowest BCUT2D eigenvalue weighted by molar-refractivity contribution is -0.141. The number of urea groups is 1. The number of rotatable bonds is 5. The molecule has 1 aromatic carbocycles. The zero-order valence-corrected chi connectivity index (χ0v) is 17.0. The highest BCUT2D eigenvalue weighted by molar-refractivity contribution is 6.42. The van der Waals surface area contributed by atoms with Crippen LogP contribution < -0.4 is 10.1 Å². The van der Waals surface area contributed by atoms with Gasteiger partial charge in [-0.1, -0.05) is 29.3 Å². The topological polar surface area (TPSA) is 76.6 Å². The Kier molecular flexibility index (Phi) is 7.22. The number of benzene rings is 1. The number of hydrogen-bond acceptors (Lipinski definition) is 5. The normalized spacial score (nSPS) is 17.0. The number of halogens is 5. The summed E-state index contributed by atoms with van der Waals surface area (Å²) >= 11 is 11.8. The summed E-state index contributed by atoms with van der Waals surface area (Å²) in [6.45, 7) is 0.984. The lowest BCUT2D eigenvalue weighted by Crippen LogP contribution is -2.50. The molecular formula is C18H17Cl2F3N4O3. The van der Waals surface area contributed by atoms with Crippen LogP contribution in [0.2, 0.25) is 10.0 Å². The van der Waals surface area contributed by atoms with Crippen molar-refractivity contribution in [1.29, 1.82) is 0 Å². The van der Waals surface area contributed by atoms with E-state index in [0.717, 1.165) is 17.8 Å². The summed E-state index contributed by atoms with van der Waals surface area (Å²) in [4.78, 5) is 20.9. The van der Waals surface area contributed by atoms with Crippen LogP contribution in [0.25, 0.3) is 0 Å². The number of carbonyl (C=O) groups is 1. The maximum Gasteiger partial charge on any atom is 0.433 e. The maximum atomic E-state index is 12.7. The molecule has 0 radical (unpaired) electrons. The second-order valence-corrected chi connectivity index (χ2v) is 7.19. The van der Waals surface area contributed by atoms with Gasteiger partial charge in [0.25, 0.3) is 0 Å². The Labute approximate surface area is 180 Å². The fraction of sp³-hybridized carbons (Fsp3) is 0.389. The van der Waals surface area contributed by atoms with Crippen molar-refractivity contribution in [3.63, 3.8) is 0 Å². The van der Waals surface area contributed by atoms with Gasteiger partial charge in [-0.05, 0) is 23.8 Å². The van der Waals surface area contributed by atoms with Crippen molar-refractivity contribution in [2.45, 2.75) is 18.8 Å². The molecule has 1 fully saturated rings. The van der Waals surface area contributed by atoms with Gasteiger partial charge in [0.05, 0.1) is 23.2 Å². The molecule has 2 aromatic rings. The molecule has 162 valence electrons.